The second kappa shape index (κ2) is 5.32. The van der Waals surface area contributed by atoms with Crippen LogP contribution in [-0.4, -0.2) is 36.8 Å². The number of aromatic nitrogens is 1. The molecule has 0 unspecified atom stereocenters. The fourth-order valence-electron chi connectivity index (χ4n) is 3.58. The van der Waals surface area contributed by atoms with Crippen LogP contribution in [-0.2, 0) is 11.2 Å². The quantitative estimate of drug-likeness (QED) is 0.811. The first-order valence-corrected chi connectivity index (χ1v) is 7.93. The summed E-state index contributed by atoms with van der Waals surface area (Å²) in [6.07, 6.45) is 5.09. The lowest BCUT2D eigenvalue weighted by atomic mass is 9.76. The number of fused-ring (bicyclic) bond motifs is 1. The van der Waals surface area contributed by atoms with Crippen LogP contribution in [0.4, 0.5) is 4.79 Å². The molecule has 1 aromatic carbocycles. The Morgan fingerprint density at radius 3 is 2.95 bits per heavy atom. The maximum atomic E-state index is 11.1. The summed E-state index contributed by atoms with van der Waals surface area (Å²) in [6.45, 7) is 0.462. The number of rotatable bonds is 4. The fraction of sp³-hybridized carbons (Fsp3) is 0.471. The molecule has 2 fully saturated rings. The number of hydrogen-bond donors (Lipinski definition) is 3. The molecule has 2 heterocycles. The summed E-state index contributed by atoms with van der Waals surface area (Å²) in [5.74, 6) is 0.649. The van der Waals surface area contributed by atoms with Gasteiger partial charge in [-0.3, -0.25) is 0 Å². The van der Waals surface area contributed by atoms with Gasteiger partial charge in [-0.2, -0.15) is 0 Å². The minimum Gasteiger partial charge on any atom is -0.447 e. The summed E-state index contributed by atoms with van der Waals surface area (Å²) in [7, 11) is 2.03. The Hall–Kier alpha value is -2.01. The second-order valence-corrected chi connectivity index (χ2v) is 6.42. The van der Waals surface area contributed by atoms with Crippen molar-refractivity contribution in [2.45, 2.75) is 37.3 Å². The minimum absolute atomic E-state index is 0.0877. The lowest BCUT2D eigenvalue weighted by Gasteiger charge is -2.35. The van der Waals surface area contributed by atoms with Gasteiger partial charge in [0, 0.05) is 23.1 Å². The van der Waals surface area contributed by atoms with E-state index < -0.39 is 0 Å². The fourth-order valence-corrected chi connectivity index (χ4v) is 3.58. The molecule has 1 amide bonds. The highest BCUT2D eigenvalue weighted by Crippen LogP contribution is 2.40. The van der Waals surface area contributed by atoms with E-state index in [0.717, 1.165) is 6.42 Å². The summed E-state index contributed by atoms with van der Waals surface area (Å²) in [5, 5.41) is 7.50. The maximum absolute atomic E-state index is 11.1. The average Bonchev–Trinajstić information content (AvgIpc) is 3.05. The van der Waals surface area contributed by atoms with Crippen LogP contribution in [0.15, 0.2) is 24.4 Å². The highest BCUT2D eigenvalue weighted by molar-refractivity contribution is 5.84. The molecule has 5 nitrogen and oxygen atoms in total. The molecule has 0 spiro atoms. The van der Waals surface area contributed by atoms with Crippen LogP contribution in [0.2, 0.25) is 0 Å². The van der Waals surface area contributed by atoms with Crippen molar-refractivity contribution in [3.05, 3.63) is 35.5 Å². The number of carbonyl (C=O) groups is 1. The number of benzene rings is 1. The van der Waals surface area contributed by atoms with Crippen LogP contribution in [0.1, 0.15) is 29.9 Å². The van der Waals surface area contributed by atoms with Crippen molar-refractivity contribution >= 4 is 17.0 Å². The molecular formula is C17H21N3O2. The Morgan fingerprint density at radius 2 is 2.23 bits per heavy atom. The number of cyclic esters (lactones) is 1. The Bertz CT molecular complexity index is 703. The molecule has 1 saturated heterocycles. The number of nitrogens with one attached hydrogen (secondary N) is 3. The molecular weight excluding hydrogens is 278 g/mol. The summed E-state index contributed by atoms with van der Waals surface area (Å²) in [5.41, 5.74) is 3.86. The van der Waals surface area contributed by atoms with Crippen LogP contribution >= 0.6 is 0 Å². The van der Waals surface area contributed by atoms with Crippen LogP contribution in [0.3, 0.4) is 0 Å². The Balaban J connectivity index is 1.55. The smallest absolute Gasteiger partial charge is 0.407 e. The molecule has 0 bridgehead atoms. The third-order valence-electron chi connectivity index (χ3n) is 4.98. The topological polar surface area (TPSA) is 66.1 Å². The molecule has 116 valence electrons. The van der Waals surface area contributed by atoms with Crippen molar-refractivity contribution < 1.29 is 9.53 Å². The standard InChI is InChI=1S/C17H21N3O2/c1-18-12-6-11(7-12)15-8-19-16-3-2-10(5-14(15)16)4-13-9-22-17(21)20-13/h2-3,5,8,11-13,18-19H,4,6-7,9H2,1H3,(H,20,21)/t11-,12-,13-/m0/s1. The number of H-pyrrole nitrogens is 1. The van der Waals surface area contributed by atoms with Crippen molar-refractivity contribution in [1.82, 2.24) is 15.6 Å². The first-order chi connectivity index (χ1) is 10.7. The third kappa shape index (κ3) is 2.35. The molecule has 4 rings (SSSR count). The van der Waals surface area contributed by atoms with E-state index in [-0.39, 0.29) is 12.1 Å². The van der Waals surface area contributed by atoms with Gasteiger partial charge in [-0.05, 0) is 55.5 Å². The molecule has 1 saturated carbocycles. The van der Waals surface area contributed by atoms with E-state index in [1.165, 1.54) is 34.9 Å². The van der Waals surface area contributed by atoms with E-state index in [1.54, 1.807) is 0 Å². The zero-order valence-corrected chi connectivity index (χ0v) is 12.7. The van der Waals surface area contributed by atoms with Gasteiger partial charge >= 0.3 is 6.09 Å². The van der Waals surface area contributed by atoms with Gasteiger partial charge in [-0.25, -0.2) is 4.79 Å². The Labute approximate surface area is 129 Å². The number of carbonyl (C=O) groups excluding carboxylic acids is 1. The molecule has 1 aliphatic heterocycles. The van der Waals surface area contributed by atoms with E-state index in [2.05, 4.69) is 40.0 Å². The van der Waals surface area contributed by atoms with Gasteiger partial charge in [0.15, 0.2) is 0 Å². The van der Waals surface area contributed by atoms with Gasteiger partial charge in [0.05, 0.1) is 6.04 Å². The molecule has 1 aromatic heterocycles. The molecule has 2 aromatic rings. The normalized spacial score (nSPS) is 27.5. The first-order valence-electron chi connectivity index (χ1n) is 7.93. The number of amides is 1. The van der Waals surface area contributed by atoms with Crippen molar-refractivity contribution in [1.29, 1.82) is 0 Å². The number of aromatic amines is 1. The predicted molar refractivity (Wildman–Crippen MR) is 85.1 cm³/mol. The van der Waals surface area contributed by atoms with Crippen molar-refractivity contribution in [2.24, 2.45) is 0 Å². The second-order valence-electron chi connectivity index (χ2n) is 6.42. The van der Waals surface area contributed by atoms with Crippen molar-refractivity contribution in [3.63, 3.8) is 0 Å². The molecule has 22 heavy (non-hydrogen) atoms. The van der Waals surface area contributed by atoms with Gasteiger partial charge in [-0.15, -0.1) is 0 Å². The van der Waals surface area contributed by atoms with Crippen molar-refractivity contribution in [2.75, 3.05) is 13.7 Å². The van der Waals surface area contributed by atoms with Gasteiger partial charge in [-0.1, -0.05) is 6.07 Å². The van der Waals surface area contributed by atoms with Crippen LogP contribution < -0.4 is 10.6 Å². The van der Waals surface area contributed by atoms with E-state index >= 15 is 0 Å². The number of hydrogen-bond acceptors (Lipinski definition) is 3. The summed E-state index contributed by atoms with van der Waals surface area (Å²) in [6, 6.07) is 7.27. The highest BCUT2D eigenvalue weighted by atomic mass is 16.6. The predicted octanol–water partition coefficient (Wildman–Crippen LogP) is 2.28. The van der Waals surface area contributed by atoms with Crippen LogP contribution in [0.25, 0.3) is 10.9 Å². The minimum atomic E-state index is -0.305. The largest absolute Gasteiger partial charge is 0.447 e. The van der Waals surface area contributed by atoms with Gasteiger partial charge < -0.3 is 20.4 Å². The Kier molecular flexibility index (Phi) is 3.30. The zero-order valence-electron chi connectivity index (χ0n) is 12.7. The number of ether oxygens (including phenoxy) is 1. The van der Waals surface area contributed by atoms with Crippen molar-refractivity contribution in [3.8, 4) is 0 Å². The van der Waals surface area contributed by atoms with E-state index in [9.17, 15) is 4.79 Å². The molecule has 1 atom stereocenters. The molecule has 1 aliphatic carbocycles. The maximum Gasteiger partial charge on any atom is 0.407 e. The summed E-state index contributed by atoms with van der Waals surface area (Å²) >= 11 is 0. The average molecular weight is 299 g/mol. The SMILES string of the molecule is CN[C@H]1C[C@H](c2c[nH]c3ccc(C[C@H]4COC(=O)N4)cc32)C1. The third-order valence-corrected chi connectivity index (χ3v) is 4.98. The summed E-state index contributed by atoms with van der Waals surface area (Å²) < 4.78 is 4.96. The lowest BCUT2D eigenvalue weighted by molar-refractivity contribution is 0.177. The van der Waals surface area contributed by atoms with E-state index in [4.69, 9.17) is 4.74 Å². The number of alkyl carbamates (subject to hydrolysis) is 1. The molecule has 3 N–H and O–H groups in total. The van der Waals surface area contributed by atoms with Crippen LogP contribution in [0, 0.1) is 0 Å². The zero-order chi connectivity index (χ0) is 15.1. The van der Waals surface area contributed by atoms with Crippen LogP contribution in [0.5, 0.6) is 0 Å². The first kappa shape index (κ1) is 13.6. The lowest BCUT2D eigenvalue weighted by Crippen LogP contribution is -2.37. The molecule has 5 heteroatoms. The van der Waals surface area contributed by atoms with E-state index in [1.807, 2.05) is 7.05 Å². The van der Waals surface area contributed by atoms with Gasteiger partial charge in [0.2, 0.25) is 0 Å². The van der Waals surface area contributed by atoms with Gasteiger partial charge in [0.25, 0.3) is 0 Å². The van der Waals surface area contributed by atoms with E-state index in [0.29, 0.717) is 18.6 Å². The molecule has 0 radical (unpaired) electrons. The monoisotopic (exact) mass is 299 g/mol. The highest BCUT2D eigenvalue weighted by Gasteiger charge is 2.30. The summed E-state index contributed by atoms with van der Waals surface area (Å²) in [4.78, 5) is 14.5. The molecule has 2 aliphatic rings. The Morgan fingerprint density at radius 1 is 1.36 bits per heavy atom. The van der Waals surface area contributed by atoms with Gasteiger partial charge in [0.1, 0.15) is 6.61 Å².